The van der Waals surface area contributed by atoms with E-state index in [1.54, 1.807) is 24.3 Å². The Morgan fingerprint density at radius 3 is 2.34 bits per heavy atom. The number of nitrogens with one attached hydrogen (secondary N) is 1. The van der Waals surface area contributed by atoms with E-state index in [2.05, 4.69) is 10.3 Å². The number of para-hydroxylation sites is 1. The summed E-state index contributed by atoms with van der Waals surface area (Å²) >= 11 is 0.751. The van der Waals surface area contributed by atoms with Gasteiger partial charge in [0.25, 0.3) is 5.91 Å². The Labute approximate surface area is 183 Å². The van der Waals surface area contributed by atoms with E-state index in [1.165, 1.54) is 12.1 Å². The Morgan fingerprint density at radius 2 is 1.62 bits per heavy atom. The summed E-state index contributed by atoms with van der Waals surface area (Å²) in [5, 5.41) is 2.21. The minimum atomic E-state index is -1.64. The van der Waals surface area contributed by atoms with Gasteiger partial charge in [0, 0.05) is 0 Å². The highest BCUT2D eigenvalue weighted by Gasteiger charge is 2.19. The van der Waals surface area contributed by atoms with Crippen molar-refractivity contribution in [2.45, 2.75) is 0 Å². The van der Waals surface area contributed by atoms with Crippen LogP contribution in [0.1, 0.15) is 10.4 Å². The fourth-order valence-electron chi connectivity index (χ4n) is 2.68. The third kappa shape index (κ3) is 4.70. The zero-order valence-electron chi connectivity index (χ0n) is 16.1. The summed E-state index contributed by atoms with van der Waals surface area (Å²) in [6, 6.07) is 16.0. The van der Waals surface area contributed by atoms with Crippen LogP contribution in [0.15, 0.2) is 60.7 Å². The Bertz CT molecular complexity index is 1290. The van der Waals surface area contributed by atoms with Crippen molar-refractivity contribution in [3.05, 3.63) is 83.7 Å². The SMILES string of the molecule is O=C(COC(=O)c1ccc(Oc2ccccc2)cc1)Nc1nc2c(F)c(F)c(F)cc2s1. The van der Waals surface area contributed by atoms with Gasteiger partial charge in [0.15, 0.2) is 29.2 Å². The second-order valence-corrected chi connectivity index (χ2v) is 7.45. The molecule has 10 heteroatoms. The van der Waals surface area contributed by atoms with Gasteiger partial charge in [-0.25, -0.2) is 22.9 Å². The van der Waals surface area contributed by atoms with Crippen LogP contribution < -0.4 is 10.1 Å². The normalized spacial score (nSPS) is 10.7. The molecule has 1 amide bonds. The number of benzene rings is 3. The lowest BCUT2D eigenvalue weighted by Gasteiger charge is -2.07. The zero-order valence-corrected chi connectivity index (χ0v) is 16.9. The van der Waals surface area contributed by atoms with Crippen molar-refractivity contribution in [1.82, 2.24) is 4.98 Å². The Balaban J connectivity index is 1.33. The summed E-state index contributed by atoms with van der Waals surface area (Å²) in [5.41, 5.74) is -0.203. The summed E-state index contributed by atoms with van der Waals surface area (Å²) in [5.74, 6) is -4.78. The number of fused-ring (bicyclic) bond motifs is 1. The fourth-order valence-corrected chi connectivity index (χ4v) is 3.59. The molecule has 1 aromatic heterocycles. The maximum absolute atomic E-state index is 13.7. The number of ether oxygens (including phenoxy) is 2. The average Bonchev–Trinajstić information content (AvgIpc) is 3.19. The van der Waals surface area contributed by atoms with Crippen LogP contribution in [-0.2, 0) is 9.53 Å². The quantitative estimate of drug-likeness (QED) is 0.313. The number of anilines is 1. The van der Waals surface area contributed by atoms with Crippen LogP contribution >= 0.6 is 11.3 Å². The molecular weight excluding hydrogens is 445 g/mol. The molecule has 0 unspecified atom stereocenters. The van der Waals surface area contributed by atoms with E-state index in [1.807, 2.05) is 18.2 Å². The van der Waals surface area contributed by atoms with Crippen LogP contribution in [0.25, 0.3) is 10.2 Å². The van der Waals surface area contributed by atoms with Gasteiger partial charge in [-0.3, -0.25) is 10.1 Å². The molecule has 4 aromatic rings. The number of thiazole rings is 1. The highest BCUT2D eigenvalue weighted by molar-refractivity contribution is 7.22. The Kier molecular flexibility index (Phi) is 6.04. The van der Waals surface area contributed by atoms with Gasteiger partial charge in [0.2, 0.25) is 0 Å². The van der Waals surface area contributed by atoms with E-state index >= 15 is 0 Å². The molecule has 0 bridgehead atoms. The van der Waals surface area contributed by atoms with Gasteiger partial charge in [-0.1, -0.05) is 29.5 Å². The van der Waals surface area contributed by atoms with Gasteiger partial charge < -0.3 is 9.47 Å². The molecule has 0 spiro atoms. The molecule has 1 N–H and O–H groups in total. The molecule has 3 aromatic carbocycles. The van der Waals surface area contributed by atoms with Crippen molar-refractivity contribution in [2.75, 3.05) is 11.9 Å². The van der Waals surface area contributed by atoms with Crippen LogP contribution in [0.2, 0.25) is 0 Å². The van der Waals surface area contributed by atoms with Gasteiger partial charge >= 0.3 is 5.97 Å². The Hall–Kier alpha value is -3.92. The van der Waals surface area contributed by atoms with Crippen molar-refractivity contribution in [3.8, 4) is 11.5 Å². The van der Waals surface area contributed by atoms with Crippen LogP contribution in [0, 0.1) is 17.5 Å². The number of aromatic nitrogens is 1. The maximum atomic E-state index is 13.7. The van der Waals surface area contributed by atoms with Gasteiger partial charge in [-0.05, 0) is 42.5 Å². The summed E-state index contributed by atoms with van der Waals surface area (Å²) in [7, 11) is 0. The first-order chi connectivity index (χ1) is 15.4. The molecule has 0 aliphatic heterocycles. The standard InChI is InChI=1S/C22H13F3N2O4S/c23-15-10-16-20(19(25)18(15)24)27-22(32-16)26-17(28)11-30-21(29)12-6-8-14(9-7-12)31-13-4-2-1-3-5-13/h1-10H,11H2,(H,26,27,28). The number of hydrogen-bond donors (Lipinski definition) is 1. The summed E-state index contributed by atoms with van der Waals surface area (Å²) in [6.07, 6.45) is 0. The highest BCUT2D eigenvalue weighted by atomic mass is 32.1. The van der Waals surface area contributed by atoms with Gasteiger partial charge in [0.1, 0.15) is 17.0 Å². The third-order valence-corrected chi connectivity index (χ3v) is 5.09. The second kappa shape index (κ2) is 9.06. The van der Waals surface area contributed by atoms with E-state index < -0.39 is 41.5 Å². The van der Waals surface area contributed by atoms with E-state index in [9.17, 15) is 22.8 Å². The van der Waals surface area contributed by atoms with Crippen LogP contribution in [0.4, 0.5) is 18.3 Å². The molecule has 0 atom stereocenters. The molecule has 0 aliphatic rings. The van der Waals surface area contributed by atoms with Crippen molar-refractivity contribution in [2.24, 2.45) is 0 Å². The van der Waals surface area contributed by atoms with E-state index in [0.717, 1.165) is 17.4 Å². The minimum absolute atomic E-state index is 0.0199. The first kappa shape index (κ1) is 21.3. The van der Waals surface area contributed by atoms with Crippen LogP contribution in [0.3, 0.4) is 0 Å². The smallest absolute Gasteiger partial charge is 0.338 e. The molecule has 0 fully saturated rings. The molecule has 162 valence electrons. The molecule has 0 radical (unpaired) electrons. The van der Waals surface area contributed by atoms with Crippen LogP contribution in [0.5, 0.6) is 11.5 Å². The summed E-state index contributed by atoms with van der Waals surface area (Å²) < 4.78 is 50.9. The summed E-state index contributed by atoms with van der Waals surface area (Å²) in [6.45, 7) is -0.637. The number of carbonyl (C=O) groups is 2. The monoisotopic (exact) mass is 458 g/mol. The number of esters is 1. The topological polar surface area (TPSA) is 77.5 Å². The van der Waals surface area contributed by atoms with Gasteiger partial charge in [-0.15, -0.1) is 0 Å². The molecule has 32 heavy (non-hydrogen) atoms. The lowest BCUT2D eigenvalue weighted by atomic mass is 10.2. The predicted molar refractivity (Wildman–Crippen MR) is 111 cm³/mol. The van der Waals surface area contributed by atoms with Gasteiger partial charge in [0.05, 0.1) is 10.3 Å². The van der Waals surface area contributed by atoms with Gasteiger partial charge in [-0.2, -0.15) is 0 Å². The first-order valence-electron chi connectivity index (χ1n) is 9.14. The maximum Gasteiger partial charge on any atom is 0.338 e. The molecule has 4 rings (SSSR count). The molecule has 0 saturated carbocycles. The first-order valence-corrected chi connectivity index (χ1v) is 9.96. The average molecular weight is 458 g/mol. The van der Waals surface area contributed by atoms with E-state index in [4.69, 9.17) is 9.47 Å². The predicted octanol–water partition coefficient (Wildman–Crippen LogP) is 5.30. The highest BCUT2D eigenvalue weighted by Crippen LogP contribution is 2.30. The van der Waals surface area contributed by atoms with Crippen molar-refractivity contribution in [3.63, 3.8) is 0 Å². The molecule has 6 nitrogen and oxygen atoms in total. The number of rotatable bonds is 6. The fraction of sp³-hybridized carbons (Fsp3) is 0.0455. The number of hydrogen-bond acceptors (Lipinski definition) is 6. The lowest BCUT2D eigenvalue weighted by Crippen LogP contribution is -2.20. The van der Waals surface area contributed by atoms with Crippen molar-refractivity contribution in [1.29, 1.82) is 0 Å². The van der Waals surface area contributed by atoms with E-state index in [-0.39, 0.29) is 15.4 Å². The number of carbonyl (C=O) groups excluding carboxylic acids is 2. The lowest BCUT2D eigenvalue weighted by molar-refractivity contribution is -0.119. The molecule has 0 aliphatic carbocycles. The molecule has 0 saturated heterocycles. The van der Waals surface area contributed by atoms with Crippen molar-refractivity contribution < 1.29 is 32.2 Å². The summed E-state index contributed by atoms with van der Waals surface area (Å²) in [4.78, 5) is 27.9. The third-order valence-electron chi connectivity index (χ3n) is 4.17. The second-order valence-electron chi connectivity index (χ2n) is 6.42. The number of amides is 1. The Morgan fingerprint density at radius 1 is 0.938 bits per heavy atom. The van der Waals surface area contributed by atoms with E-state index in [0.29, 0.717) is 11.5 Å². The largest absolute Gasteiger partial charge is 0.457 e. The van der Waals surface area contributed by atoms with Crippen molar-refractivity contribution >= 4 is 38.6 Å². The van der Waals surface area contributed by atoms with Crippen LogP contribution in [-0.4, -0.2) is 23.5 Å². The molecule has 1 heterocycles. The molecular formula is C22H13F3N2O4S. The zero-order chi connectivity index (χ0) is 22.7. The minimum Gasteiger partial charge on any atom is -0.457 e. The number of nitrogens with zero attached hydrogens (tertiary/aromatic N) is 1. The number of halogens is 3.